The number of hydrogen-bond acceptors (Lipinski definition) is 3. The van der Waals surface area contributed by atoms with Crippen molar-refractivity contribution in [1.82, 2.24) is 0 Å². The van der Waals surface area contributed by atoms with Gasteiger partial charge in [-0.2, -0.15) is 0 Å². The first-order chi connectivity index (χ1) is 9.97. The molecule has 0 heterocycles. The zero-order chi connectivity index (χ0) is 15.6. The quantitative estimate of drug-likeness (QED) is 0.639. The summed E-state index contributed by atoms with van der Waals surface area (Å²) in [5.74, 6) is 1.19. The fourth-order valence-electron chi connectivity index (χ4n) is 2.03. The molecule has 3 nitrogen and oxygen atoms in total. The smallest absolute Gasteiger partial charge is 0.162 e. The van der Waals surface area contributed by atoms with E-state index in [0.717, 1.165) is 19.2 Å². The standard InChI is InChI=1S/C15H14BrClINO2/c1-20-13-6-10(12(17)7-14(13)21-2)15(19)9-5-8(18)3-4-11(9)16/h3-7,15H,19H2,1-2H3. The number of nitrogens with two attached hydrogens (primary N) is 1. The van der Waals surface area contributed by atoms with Crippen LogP contribution in [0.1, 0.15) is 17.2 Å². The Kier molecular flexibility index (Phi) is 5.76. The van der Waals surface area contributed by atoms with Gasteiger partial charge in [-0.1, -0.05) is 27.5 Å². The molecule has 0 aromatic heterocycles. The summed E-state index contributed by atoms with van der Waals surface area (Å²) in [5, 5.41) is 0.547. The SMILES string of the molecule is COc1cc(Cl)c(C(N)c2cc(I)ccc2Br)cc1OC. The van der Waals surface area contributed by atoms with Gasteiger partial charge >= 0.3 is 0 Å². The maximum atomic E-state index is 6.39. The number of benzene rings is 2. The second-order valence-electron chi connectivity index (χ2n) is 4.37. The third-order valence-corrected chi connectivity index (χ3v) is 4.85. The van der Waals surface area contributed by atoms with Crippen LogP contribution in [0.3, 0.4) is 0 Å². The highest BCUT2D eigenvalue weighted by Gasteiger charge is 2.19. The van der Waals surface area contributed by atoms with Gasteiger partial charge in [0.1, 0.15) is 0 Å². The van der Waals surface area contributed by atoms with Crippen LogP contribution in [0, 0.1) is 3.57 Å². The molecule has 0 radical (unpaired) electrons. The molecule has 6 heteroatoms. The Hall–Kier alpha value is -0.500. The Morgan fingerprint density at radius 3 is 2.33 bits per heavy atom. The molecule has 112 valence electrons. The zero-order valence-electron chi connectivity index (χ0n) is 11.5. The van der Waals surface area contributed by atoms with Crippen molar-refractivity contribution in [2.45, 2.75) is 6.04 Å². The molecule has 0 aliphatic heterocycles. The van der Waals surface area contributed by atoms with E-state index in [1.165, 1.54) is 0 Å². The van der Waals surface area contributed by atoms with Crippen LogP contribution in [0.4, 0.5) is 0 Å². The van der Waals surface area contributed by atoms with E-state index >= 15 is 0 Å². The van der Waals surface area contributed by atoms with Gasteiger partial charge in [0.25, 0.3) is 0 Å². The Balaban J connectivity index is 2.52. The van der Waals surface area contributed by atoms with Crippen LogP contribution < -0.4 is 15.2 Å². The van der Waals surface area contributed by atoms with Gasteiger partial charge in [0, 0.05) is 19.1 Å². The minimum atomic E-state index is -0.360. The average Bonchev–Trinajstić information content (AvgIpc) is 2.48. The molecule has 0 saturated carbocycles. The third kappa shape index (κ3) is 3.64. The number of hydrogen-bond donors (Lipinski definition) is 1. The Labute approximate surface area is 151 Å². The minimum Gasteiger partial charge on any atom is -0.493 e. The van der Waals surface area contributed by atoms with Crippen molar-refractivity contribution in [1.29, 1.82) is 0 Å². The van der Waals surface area contributed by atoms with Gasteiger partial charge in [0.05, 0.1) is 20.3 Å². The molecular weight excluding hydrogens is 468 g/mol. The number of methoxy groups -OCH3 is 2. The predicted octanol–water partition coefficient (Wildman–Crippen LogP) is 4.77. The molecule has 1 unspecified atom stereocenters. The van der Waals surface area contributed by atoms with Gasteiger partial charge in [0.2, 0.25) is 0 Å². The van der Waals surface area contributed by atoms with E-state index in [2.05, 4.69) is 38.5 Å². The molecule has 2 N–H and O–H groups in total. The predicted molar refractivity (Wildman–Crippen MR) is 97.4 cm³/mol. The van der Waals surface area contributed by atoms with Crippen LogP contribution in [0.15, 0.2) is 34.8 Å². The molecule has 0 amide bonds. The van der Waals surface area contributed by atoms with Crippen LogP contribution in [0.25, 0.3) is 0 Å². The molecular formula is C15H14BrClINO2. The van der Waals surface area contributed by atoms with E-state index in [-0.39, 0.29) is 6.04 Å². The van der Waals surface area contributed by atoms with Crippen molar-refractivity contribution in [3.63, 3.8) is 0 Å². The second kappa shape index (κ2) is 7.17. The zero-order valence-corrected chi connectivity index (χ0v) is 16.0. The molecule has 0 fully saturated rings. The molecule has 0 spiro atoms. The van der Waals surface area contributed by atoms with Crippen molar-refractivity contribution in [3.05, 3.63) is 54.5 Å². The first kappa shape index (κ1) is 16.9. The van der Waals surface area contributed by atoms with Crippen molar-refractivity contribution >= 4 is 50.1 Å². The minimum absolute atomic E-state index is 0.360. The van der Waals surface area contributed by atoms with Crippen LogP contribution in [0.5, 0.6) is 11.5 Å². The maximum absolute atomic E-state index is 6.39. The monoisotopic (exact) mass is 481 g/mol. The number of rotatable bonds is 4. The van der Waals surface area contributed by atoms with Gasteiger partial charge < -0.3 is 15.2 Å². The van der Waals surface area contributed by atoms with Crippen molar-refractivity contribution in [2.75, 3.05) is 14.2 Å². The lowest BCUT2D eigenvalue weighted by atomic mass is 9.99. The van der Waals surface area contributed by atoms with Gasteiger partial charge in [0.15, 0.2) is 11.5 Å². The first-order valence-corrected chi connectivity index (χ1v) is 8.34. The Morgan fingerprint density at radius 2 is 1.71 bits per heavy atom. The summed E-state index contributed by atoms with van der Waals surface area (Å²) in [6.45, 7) is 0. The second-order valence-corrected chi connectivity index (χ2v) is 6.88. The Morgan fingerprint density at radius 1 is 1.10 bits per heavy atom. The maximum Gasteiger partial charge on any atom is 0.162 e. The van der Waals surface area contributed by atoms with Crippen LogP contribution >= 0.6 is 50.1 Å². The van der Waals surface area contributed by atoms with E-state index in [0.29, 0.717) is 16.5 Å². The Bertz CT molecular complexity index is 666. The van der Waals surface area contributed by atoms with E-state index in [9.17, 15) is 0 Å². The molecule has 2 rings (SSSR count). The number of halogens is 3. The molecule has 0 aliphatic carbocycles. The molecule has 1 atom stereocenters. The molecule has 0 bridgehead atoms. The molecule has 21 heavy (non-hydrogen) atoms. The molecule has 2 aromatic rings. The largest absolute Gasteiger partial charge is 0.493 e. The van der Waals surface area contributed by atoms with Gasteiger partial charge in [-0.3, -0.25) is 0 Å². The summed E-state index contributed by atoms with van der Waals surface area (Å²) in [6.07, 6.45) is 0. The normalized spacial score (nSPS) is 12.1. The fourth-order valence-corrected chi connectivity index (χ4v) is 3.31. The summed E-state index contributed by atoms with van der Waals surface area (Å²) in [7, 11) is 3.16. The lowest BCUT2D eigenvalue weighted by Gasteiger charge is -2.18. The molecule has 2 aromatic carbocycles. The van der Waals surface area contributed by atoms with Crippen LogP contribution in [0.2, 0.25) is 5.02 Å². The highest BCUT2D eigenvalue weighted by molar-refractivity contribution is 14.1. The van der Waals surface area contributed by atoms with Gasteiger partial charge in [-0.15, -0.1) is 0 Å². The summed E-state index contributed by atoms with van der Waals surface area (Å²) >= 11 is 12.1. The lowest BCUT2D eigenvalue weighted by molar-refractivity contribution is 0.354. The van der Waals surface area contributed by atoms with Crippen LogP contribution in [-0.2, 0) is 0 Å². The van der Waals surface area contributed by atoms with Crippen molar-refractivity contribution in [2.24, 2.45) is 5.73 Å². The third-order valence-electron chi connectivity index (χ3n) is 3.13. The van der Waals surface area contributed by atoms with Gasteiger partial charge in [-0.05, 0) is 58.0 Å². The summed E-state index contributed by atoms with van der Waals surface area (Å²) in [6, 6.07) is 9.20. The lowest BCUT2D eigenvalue weighted by Crippen LogP contribution is -2.13. The summed E-state index contributed by atoms with van der Waals surface area (Å²) < 4.78 is 12.6. The first-order valence-electron chi connectivity index (χ1n) is 6.10. The van der Waals surface area contributed by atoms with Crippen LogP contribution in [-0.4, -0.2) is 14.2 Å². The van der Waals surface area contributed by atoms with E-state index < -0.39 is 0 Å². The molecule has 0 saturated heterocycles. The highest BCUT2D eigenvalue weighted by Crippen LogP contribution is 2.38. The summed E-state index contributed by atoms with van der Waals surface area (Å²) in [4.78, 5) is 0. The van der Waals surface area contributed by atoms with Crippen molar-refractivity contribution < 1.29 is 9.47 Å². The van der Waals surface area contributed by atoms with Crippen molar-refractivity contribution in [3.8, 4) is 11.5 Å². The van der Waals surface area contributed by atoms with E-state index in [1.54, 1.807) is 20.3 Å². The summed E-state index contributed by atoms with van der Waals surface area (Å²) in [5.41, 5.74) is 8.15. The van der Waals surface area contributed by atoms with E-state index in [1.807, 2.05) is 24.3 Å². The average molecular weight is 483 g/mol. The highest BCUT2D eigenvalue weighted by atomic mass is 127. The molecule has 0 aliphatic rings. The number of ether oxygens (including phenoxy) is 2. The topological polar surface area (TPSA) is 44.5 Å². The fraction of sp³-hybridized carbons (Fsp3) is 0.200. The van der Waals surface area contributed by atoms with Gasteiger partial charge in [-0.25, -0.2) is 0 Å². The van der Waals surface area contributed by atoms with E-state index in [4.69, 9.17) is 26.8 Å².